The maximum absolute atomic E-state index is 12.2. The molecular formula is C14H27N3O4. The lowest BCUT2D eigenvalue weighted by molar-refractivity contribution is -0.139. The molecule has 0 aliphatic carbocycles. The third kappa shape index (κ3) is 5.89. The van der Waals surface area contributed by atoms with E-state index >= 15 is 0 Å². The Labute approximate surface area is 126 Å². The molecule has 1 rings (SSSR count). The van der Waals surface area contributed by atoms with E-state index in [0.717, 1.165) is 25.9 Å². The monoisotopic (exact) mass is 301 g/mol. The number of urea groups is 1. The van der Waals surface area contributed by atoms with Crippen molar-refractivity contribution in [3.8, 4) is 0 Å². The average molecular weight is 301 g/mol. The SMILES string of the molecule is COCCCC(NC(=O)N(C)C1CCN(C)CC1)C(=O)O. The quantitative estimate of drug-likeness (QED) is 0.673. The first kappa shape index (κ1) is 17.7. The fourth-order valence-electron chi connectivity index (χ4n) is 2.49. The molecule has 7 heteroatoms. The van der Waals surface area contributed by atoms with E-state index in [-0.39, 0.29) is 12.1 Å². The molecule has 0 aromatic rings. The molecule has 2 N–H and O–H groups in total. The topological polar surface area (TPSA) is 82.1 Å². The van der Waals surface area contributed by atoms with Crippen molar-refractivity contribution in [3.63, 3.8) is 0 Å². The molecule has 0 aromatic carbocycles. The number of piperidine rings is 1. The highest BCUT2D eigenvalue weighted by Crippen LogP contribution is 2.14. The van der Waals surface area contributed by atoms with Gasteiger partial charge >= 0.3 is 12.0 Å². The number of carbonyl (C=O) groups excluding carboxylic acids is 1. The van der Waals surface area contributed by atoms with Crippen LogP contribution in [-0.4, -0.2) is 79.9 Å². The first-order valence-corrected chi connectivity index (χ1v) is 7.39. The first-order chi connectivity index (χ1) is 9.95. The van der Waals surface area contributed by atoms with Crippen molar-refractivity contribution in [2.45, 2.75) is 37.8 Å². The van der Waals surface area contributed by atoms with Crippen molar-refractivity contribution >= 4 is 12.0 Å². The van der Waals surface area contributed by atoms with Gasteiger partial charge in [0.15, 0.2) is 0 Å². The fraction of sp³-hybridized carbons (Fsp3) is 0.857. The van der Waals surface area contributed by atoms with Crippen LogP contribution >= 0.6 is 0 Å². The summed E-state index contributed by atoms with van der Waals surface area (Å²) in [6.45, 7) is 2.40. The Bertz CT molecular complexity index is 343. The largest absolute Gasteiger partial charge is 0.480 e. The number of ether oxygens (including phenoxy) is 1. The fourth-order valence-corrected chi connectivity index (χ4v) is 2.49. The summed E-state index contributed by atoms with van der Waals surface area (Å²) in [5.74, 6) is -1.00. The summed E-state index contributed by atoms with van der Waals surface area (Å²) in [6.07, 6.45) is 2.81. The molecule has 1 fully saturated rings. The summed E-state index contributed by atoms with van der Waals surface area (Å²) in [5.41, 5.74) is 0. The van der Waals surface area contributed by atoms with Gasteiger partial charge in [0.1, 0.15) is 6.04 Å². The molecule has 122 valence electrons. The third-order valence-corrected chi connectivity index (χ3v) is 3.99. The van der Waals surface area contributed by atoms with Gasteiger partial charge in [0.2, 0.25) is 0 Å². The number of amides is 2. The van der Waals surface area contributed by atoms with Gasteiger partial charge in [0.25, 0.3) is 0 Å². The second kappa shape index (κ2) is 8.84. The van der Waals surface area contributed by atoms with Crippen LogP contribution in [0.25, 0.3) is 0 Å². The van der Waals surface area contributed by atoms with E-state index in [0.29, 0.717) is 19.4 Å². The molecule has 1 aliphatic rings. The molecule has 21 heavy (non-hydrogen) atoms. The van der Waals surface area contributed by atoms with Crippen LogP contribution in [0.2, 0.25) is 0 Å². The van der Waals surface area contributed by atoms with E-state index < -0.39 is 12.0 Å². The van der Waals surface area contributed by atoms with Crippen LogP contribution in [0.15, 0.2) is 0 Å². The maximum atomic E-state index is 12.2. The zero-order valence-corrected chi connectivity index (χ0v) is 13.2. The lowest BCUT2D eigenvalue weighted by atomic mass is 10.0. The molecule has 2 amide bonds. The zero-order valence-electron chi connectivity index (χ0n) is 13.2. The summed E-state index contributed by atoms with van der Waals surface area (Å²) >= 11 is 0. The molecule has 0 spiro atoms. The van der Waals surface area contributed by atoms with Crippen LogP contribution in [-0.2, 0) is 9.53 Å². The Kier molecular flexibility index (Phi) is 7.45. The van der Waals surface area contributed by atoms with Gasteiger partial charge in [-0.25, -0.2) is 9.59 Å². The molecule has 1 atom stereocenters. The van der Waals surface area contributed by atoms with Crippen LogP contribution in [0.5, 0.6) is 0 Å². The van der Waals surface area contributed by atoms with Gasteiger partial charge in [0.05, 0.1) is 0 Å². The Morgan fingerprint density at radius 2 is 2.05 bits per heavy atom. The van der Waals surface area contributed by atoms with Crippen molar-refractivity contribution in [1.82, 2.24) is 15.1 Å². The molecular weight excluding hydrogens is 274 g/mol. The maximum Gasteiger partial charge on any atom is 0.326 e. The van der Waals surface area contributed by atoms with Crippen LogP contribution < -0.4 is 5.32 Å². The molecule has 0 radical (unpaired) electrons. The predicted octanol–water partition coefficient (Wildman–Crippen LogP) is 0.602. The van der Waals surface area contributed by atoms with Crippen LogP contribution in [0, 0.1) is 0 Å². The van der Waals surface area contributed by atoms with Gasteiger partial charge in [0, 0.05) is 26.8 Å². The van der Waals surface area contributed by atoms with Crippen molar-refractivity contribution in [3.05, 3.63) is 0 Å². The standard InChI is InChI=1S/C14H27N3O4/c1-16-8-6-11(7-9-16)17(2)14(20)15-12(13(18)19)5-4-10-21-3/h11-12H,4-10H2,1-3H3,(H,15,20)(H,18,19). The Morgan fingerprint density at radius 3 is 2.57 bits per heavy atom. The summed E-state index contributed by atoms with van der Waals surface area (Å²) in [7, 11) is 5.37. The number of methoxy groups -OCH3 is 1. The summed E-state index contributed by atoms with van der Waals surface area (Å²) in [6, 6.07) is -0.995. The highest BCUT2D eigenvalue weighted by Gasteiger charge is 2.27. The summed E-state index contributed by atoms with van der Waals surface area (Å²) in [4.78, 5) is 27.2. The Morgan fingerprint density at radius 1 is 1.43 bits per heavy atom. The van der Waals surface area contributed by atoms with Gasteiger partial charge in [-0.2, -0.15) is 0 Å². The minimum Gasteiger partial charge on any atom is -0.480 e. The number of likely N-dealkylation sites (tertiary alicyclic amines) is 1. The van der Waals surface area contributed by atoms with Crippen molar-refractivity contribution < 1.29 is 19.4 Å². The highest BCUT2D eigenvalue weighted by atomic mass is 16.5. The molecule has 1 unspecified atom stereocenters. The van der Waals surface area contributed by atoms with Crippen LogP contribution in [0.3, 0.4) is 0 Å². The number of carboxylic acids is 1. The van der Waals surface area contributed by atoms with E-state index in [9.17, 15) is 9.59 Å². The lowest BCUT2D eigenvalue weighted by Gasteiger charge is -2.35. The lowest BCUT2D eigenvalue weighted by Crippen LogP contribution is -2.52. The van der Waals surface area contributed by atoms with Crippen LogP contribution in [0.4, 0.5) is 4.79 Å². The highest BCUT2D eigenvalue weighted by molar-refractivity contribution is 5.82. The minimum absolute atomic E-state index is 0.176. The average Bonchev–Trinajstić information content (AvgIpc) is 2.46. The number of aliphatic carboxylic acids is 1. The number of hydrogen-bond acceptors (Lipinski definition) is 4. The normalized spacial score (nSPS) is 18.2. The van der Waals surface area contributed by atoms with E-state index in [2.05, 4.69) is 17.3 Å². The first-order valence-electron chi connectivity index (χ1n) is 7.39. The van der Waals surface area contributed by atoms with Crippen molar-refractivity contribution in [2.24, 2.45) is 0 Å². The third-order valence-electron chi connectivity index (χ3n) is 3.99. The van der Waals surface area contributed by atoms with Crippen LogP contribution in [0.1, 0.15) is 25.7 Å². The smallest absolute Gasteiger partial charge is 0.326 e. The predicted molar refractivity (Wildman–Crippen MR) is 79.3 cm³/mol. The minimum atomic E-state index is -1.00. The number of carboxylic acid groups (broad SMARTS) is 1. The van der Waals surface area contributed by atoms with Crippen molar-refractivity contribution in [1.29, 1.82) is 0 Å². The molecule has 0 saturated carbocycles. The molecule has 0 bridgehead atoms. The zero-order chi connectivity index (χ0) is 15.8. The summed E-state index contributed by atoms with van der Waals surface area (Å²) < 4.78 is 4.91. The number of carbonyl (C=O) groups is 2. The van der Waals surface area contributed by atoms with Crippen molar-refractivity contribution in [2.75, 3.05) is 40.9 Å². The molecule has 1 heterocycles. The van der Waals surface area contributed by atoms with E-state index in [1.54, 1.807) is 19.1 Å². The van der Waals surface area contributed by atoms with Gasteiger partial charge in [-0.05, 0) is 45.8 Å². The van der Waals surface area contributed by atoms with E-state index in [1.807, 2.05) is 0 Å². The number of nitrogens with one attached hydrogen (secondary N) is 1. The van der Waals surface area contributed by atoms with Gasteiger partial charge in [-0.3, -0.25) is 0 Å². The number of hydrogen-bond donors (Lipinski definition) is 2. The molecule has 7 nitrogen and oxygen atoms in total. The second-order valence-electron chi connectivity index (χ2n) is 5.62. The molecule has 0 aromatic heterocycles. The summed E-state index contributed by atoms with van der Waals surface area (Å²) in [5, 5.41) is 11.8. The van der Waals surface area contributed by atoms with Gasteiger partial charge in [-0.1, -0.05) is 0 Å². The van der Waals surface area contributed by atoms with E-state index in [1.165, 1.54) is 0 Å². The second-order valence-corrected chi connectivity index (χ2v) is 5.62. The Hall–Kier alpha value is -1.34. The van der Waals surface area contributed by atoms with E-state index in [4.69, 9.17) is 9.84 Å². The molecule has 1 saturated heterocycles. The van der Waals surface area contributed by atoms with Gasteiger partial charge in [-0.15, -0.1) is 0 Å². The molecule has 1 aliphatic heterocycles. The Balaban J connectivity index is 2.46. The number of rotatable bonds is 7. The number of nitrogens with zero attached hydrogens (tertiary/aromatic N) is 2. The van der Waals surface area contributed by atoms with Gasteiger partial charge < -0.3 is 25.0 Å².